The highest BCUT2D eigenvalue weighted by Gasteiger charge is 1.96. The quantitative estimate of drug-likeness (QED) is 0.463. The Hall–Kier alpha value is -1.40. The molecule has 6 heteroatoms. The fraction of sp³-hybridized carbons (Fsp3) is 0.286. The topological polar surface area (TPSA) is 51.6 Å². The summed E-state index contributed by atoms with van der Waals surface area (Å²) in [5.74, 6) is 1.75. The maximum absolute atomic E-state index is 4.34. The molecule has 0 saturated carbocycles. The predicted octanol–water partition coefficient (Wildman–Crippen LogP) is 3.32. The molecule has 0 amide bonds. The Labute approximate surface area is 127 Å². The van der Waals surface area contributed by atoms with Crippen molar-refractivity contribution in [2.75, 3.05) is 11.5 Å². The standard InChI is InChI=1S/C14H16N4S2/c1-11-5-7-15-13(17-11)19-9-3-4-10-20-14-16-8-6-12(2)18-14/h3-8H,9-10H2,1-2H3/b4-3+. The van der Waals surface area contributed by atoms with Gasteiger partial charge in [0.15, 0.2) is 10.3 Å². The summed E-state index contributed by atoms with van der Waals surface area (Å²) in [4.78, 5) is 17.1. The summed E-state index contributed by atoms with van der Waals surface area (Å²) in [6.07, 6.45) is 7.83. The second-order valence-electron chi connectivity index (χ2n) is 4.05. The molecule has 0 unspecified atom stereocenters. The lowest BCUT2D eigenvalue weighted by atomic mass is 10.5. The minimum Gasteiger partial charge on any atom is -0.231 e. The second kappa shape index (κ2) is 8.01. The van der Waals surface area contributed by atoms with Crippen molar-refractivity contribution >= 4 is 23.5 Å². The van der Waals surface area contributed by atoms with Crippen molar-refractivity contribution < 1.29 is 0 Å². The van der Waals surface area contributed by atoms with Gasteiger partial charge in [-0.25, -0.2) is 19.9 Å². The molecule has 2 rings (SSSR count). The van der Waals surface area contributed by atoms with Crippen LogP contribution in [-0.2, 0) is 0 Å². The van der Waals surface area contributed by atoms with Crippen LogP contribution in [0.4, 0.5) is 0 Å². The van der Waals surface area contributed by atoms with E-state index in [-0.39, 0.29) is 0 Å². The van der Waals surface area contributed by atoms with Gasteiger partial charge in [0, 0.05) is 35.3 Å². The summed E-state index contributed by atoms with van der Waals surface area (Å²) < 4.78 is 0. The Bertz CT molecular complexity index is 535. The molecular formula is C14H16N4S2. The van der Waals surface area contributed by atoms with E-state index < -0.39 is 0 Å². The number of nitrogens with zero attached hydrogens (tertiary/aromatic N) is 4. The van der Waals surface area contributed by atoms with Gasteiger partial charge >= 0.3 is 0 Å². The van der Waals surface area contributed by atoms with Crippen LogP contribution in [-0.4, -0.2) is 31.4 Å². The largest absolute Gasteiger partial charge is 0.231 e. The van der Waals surface area contributed by atoms with Gasteiger partial charge in [-0.05, 0) is 26.0 Å². The van der Waals surface area contributed by atoms with Gasteiger partial charge in [-0.15, -0.1) is 0 Å². The van der Waals surface area contributed by atoms with Crippen LogP contribution in [0.1, 0.15) is 11.4 Å². The van der Waals surface area contributed by atoms with Gasteiger partial charge < -0.3 is 0 Å². The van der Waals surface area contributed by atoms with Crippen LogP contribution < -0.4 is 0 Å². The van der Waals surface area contributed by atoms with Crippen LogP contribution in [0.3, 0.4) is 0 Å². The Balaban J connectivity index is 1.69. The summed E-state index contributed by atoms with van der Waals surface area (Å²) in [6.45, 7) is 3.94. The fourth-order valence-electron chi connectivity index (χ4n) is 1.37. The van der Waals surface area contributed by atoms with Crippen LogP contribution in [0.25, 0.3) is 0 Å². The van der Waals surface area contributed by atoms with Crippen molar-refractivity contribution in [1.82, 2.24) is 19.9 Å². The third kappa shape index (κ3) is 5.30. The molecule has 2 heterocycles. The highest BCUT2D eigenvalue weighted by atomic mass is 32.2. The Morgan fingerprint density at radius 2 is 1.30 bits per heavy atom. The molecule has 104 valence electrons. The van der Waals surface area contributed by atoms with Crippen LogP contribution in [0.5, 0.6) is 0 Å². The molecule has 0 aliphatic rings. The average Bonchev–Trinajstić information content (AvgIpc) is 2.43. The predicted molar refractivity (Wildman–Crippen MR) is 84.1 cm³/mol. The van der Waals surface area contributed by atoms with Crippen molar-refractivity contribution in [2.45, 2.75) is 24.2 Å². The zero-order valence-corrected chi connectivity index (χ0v) is 13.1. The first kappa shape index (κ1) is 15.0. The lowest BCUT2D eigenvalue weighted by Crippen LogP contribution is -1.89. The molecule has 0 atom stereocenters. The summed E-state index contributed by atoms with van der Waals surface area (Å²) in [7, 11) is 0. The van der Waals surface area contributed by atoms with Gasteiger partial charge in [-0.2, -0.15) is 0 Å². The van der Waals surface area contributed by atoms with Crippen LogP contribution in [0, 0.1) is 13.8 Å². The first-order valence-electron chi connectivity index (χ1n) is 6.24. The van der Waals surface area contributed by atoms with Gasteiger partial charge in [0.25, 0.3) is 0 Å². The summed E-state index contributed by atoms with van der Waals surface area (Å²) in [5, 5.41) is 1.65. The number of hydrogen-bond donors (Lipinski definition) is 0. The van der Waals surface area contributed by atoms with Crippen molar-refractivity contribution in [3.63, 3.8) is 0 Å². The normalized spacial score (nSPS) is 11.1. The zero-order valence-electron chi connectivity index (χ0n) is 11.5. The number of rotatable bonds is 6. The number of hydrogen-bond acceptors (Lipinski definition) is 6. The van der Waals surface area contributed by atoms with Crippen molar-refractivity contribution in [3.8, 4) is 0 Å². The lowest BCUT2D eigenvalue weighted by molar-refractivity contribution is 0.933. The number of aryl methyl sites for hydroxylation is 2. The van der Waals surface area contributed by atoms with E-state index in [0.717, 1.165) is 33.2 Å². The molecule has 0 fully saturated rings. The van der Waals surface area contributed by atoms with E-state index in [1.54, 1.807) is 35.9 Å². The maximum atomic E-state index is 4.34. The van der Waals surface area contributed by atoms with Gasteiger partial charge in [-0.1, -0.05) is 35.7 Å². The van der Waals surface area contributed by atoms with Gasteiger partial charge in [-0.3, -0.25) is 0 Å². The summed E-state index contributed by atoms with van der Waals surface area (Å²) in [6, 6.07) is 3.80. The van der Waals surface area contributed by atoms with Gasteiger partial charge in [0.05, 0.1) is 0 Å². The third-order valence-corrected chi connectivity index (χ3v) is 3.96. The van der Waals surface area contributed by atoms with Crippen molar-refractivity contribution in [2.24, 2.45) is 0 Å². The maximum Gasteiger partial charge on any atom is 0.188 e. The van der Waals surface area contributed by atoms with E-state index >= 15 is 0 Å². The molecule has 0 spiro atoms. The van der Waals surface area contributed by atoms with E-state index in [1.807, 2.05) is 26.0 Å². The molecule has 20 heavy (non-hydrogen) atoms. The molecular weight excluding hydrogens is 288 g/mol. The van der Waals surface area contributed by atoms with Gasteiger partial charge in [0.1, 0.15) is 0 Å². The molecule has 0 aliphatic carbocycles. The van der Waals surface area contributed by atoms with Crippen molar-refractivity contribution in [1.29, 1.82) is 0 Å². The van der Waals surface area contributed by atoms with E-state index in [2.05, 4.69) is 32.1 Å². The molecule has 0 N–H and O–H groups in total. The Kier molecular flexibility index (Phi) is 6.01. The van der Waals surface area contributed by atoms with Crippen LogP contribution in [0.15, 0.2) is 47.0 Å². The molecule has 0 aromatic carbocycles. The zero-order chi connectivity index (χ0) is 14.2. The molecule has 0 aliphatic heterocycles. The summed E-state index contributed by atoms with van der Waals surface area (Å²) in [5.41, 5.74) is 2.00. The minimum atomic E-state index is 0.823. The molecule has 0 saturated heterocycles. The van der Waals surface area contributed by atoms with Crippen LogP contribution >= 0.6 is 23.5 Å². The Morgan fingerprint density at radius 1 is 0.850 bits per heavy atom. The summed E-state index contributed by atoms with van der Waals surface area (Å²) >= 11 is 3.27. The minimum absolute atomic E-state index is 0.823. The molecule has 4 nitrogen and oxygen atoms in total. The molecule has 0 bridgehead atoms. The molecule has 2 aromatic rings. The SMILES string of the molecule is Cc1ccnc(SC/C=C/CSc2nccc(C)n2)n1. The van der Waals surface area contributed by atoms with Crippen molar-refractivity contribution in [3.05, 3.63) is 48.1 Å². The fourth-order valence-corrected chi connectivity index (χ4v) is 2.82. The molecule has 2 aromatic heterocycles. The first-order chi connectivity index (χ1) is 9.74. The highest BCUT2D eigenvalue weighted by Crippen LogP contribution is 2.14. The lowest BCUT2D eigenvalue weighted by Gasteiger charge is -1.98. The first-order valence-corrected chi connectivity index (χ1v) is 8.21. The average molecular weight is 304 g/mol. The monoisotopic (exact) mass is 304 g/mol. The Morgan fingerprint density at radius 3 is 1.70 bits per heavy atom. The van der Waals surface area contributed by atoms with E-state index in [9.17, 15) is 0 Å². The second-order valence-corrected chi connectivity index (χ2v) is 6.03. The van der Waals surface area contributed by atoms with Gasteiger partial charge in [0.2, 0.25) is 0 Å². The van der Waals surface area contributed by atoms with Crippen LogP contribution in [0.2, 0.25) is 0 Å². The smallest absolute Gasteiger partial charge is 0.188 e. The number of thioether (sulfide) groups is 2. The van der Waals surface area contributed by atoms with E-state index in [1.165, 1.54) is 0 Å². The van der Waals surface area contributed by atoms with E-state index in [0.29, 0.717) is 0 Å². The molecule has 0 radical (unpaired) electrons. The third-order valence-electron chi connectivity index (χ3n) is 2.33. The van der Waals surface area contributed by atoms with E-state index in [4.69, 9.17) is 0 Å². The highest BCUT2D eigenvalue weighted by molar-refractivity contribution is 7.99. The number of aromatic nitrogens is 4.